The summed E-state index contributed by atoms with van der Waals surface area (Å²) in [6.45, 7) is 1.89. The SMILES string of the molecule is O=C1CCCN1CCC(=O)N1CC[C@@](O)(COc2ccc(F)cc2)C1. The molecule has 0 saturated carbocycles. The first kappa shape index (κ1) is 17.7. The number of hydrogen-bond acceptors (Lipinski definition) is 4. The molecule has 0 unspecified atom stereocenters. The van der Waals surface area contributed by atoms with Crippen molar-refractivity contribution in [1.82, 2.24) is 9.80 Å². The van der Waals surface area contributed by atoms with E-state index in [0.29, 0.717) is 31.7 Å². The average Bonchev–Trinajstić information content (AvgIpc) is 3.19. The van der Waals surface area contributed by atoms with Crippen molar-refractivity contribution in [2.45, 2.75) is 31.3 Å². The van der Waals surface area contributed by atoms with Crippen LogP contribution in [0.5, 0.6) is 5.75 Å². The fraction of sp³-hybridized carbons (Fsp3) is 0.556. The van der Waals surface area contributed by atoms with Gasteiger partial charge in [-0.05, 0) is 37.1 Å². The number of benzene rings is 1. The summed E-state index contributed by atoms with van der Waals surface area (Å²) < 4.78 is 18.4. The van der Waals surface area contributed by atoms with Gasteiger partial charge in [-0.25, -0.2) is 4.39 Å². The fourth-order valence-corrected chi connectivity index (χ4v) is 3.26. The van der Waals surface area contributed by atoms with E-state index >= 15 is 0 Å². The lowest BCUT2D eigenvalue weighted by Crippen LogP contribution is -2.41. The summed E-state index contributed by atoms with van der Waals surface area (Å²) in [5.74, 6) is 0.183. The highest BCUT2D eigenvalue weighted by molar-refractivity contribution is 5.80. The molecular formula is C18H23FN2O4. The fourth-order valence-electron chi connectivity index (χ4n) is 3.26. The first-order valence-corrected chi connectivity index (χ1v) is 8.61. The van der Waals surface area contributed by atoms with Gasteiger partial charge in [0, 0.05) is 32.5 Å². The molecular weight excluding hydrogens is 327 g/mol. The molecule has 136 valence electrons. The molecule has 2 heterocycles. The van der Waals surface area contributed by atoms with Crippen LogP contribution in [0.3, 0.4) is 0 Å². The minimum Gasteiger partial charge on any atom is -0.491 e. The maximum Gasteiger partial charge on any atom is 0.224 e. The third-order valence-corrected chi connectivity index (χ3v) is 4.77. The van der Waals surface area contributed by atoms with Crippen LogP contribution in [0.15, 0.2) is 24.3 Å². The highest BCUT2D eigenvalue weighted by Gasteiger charge is 2.39. The van der Waals surface area contributed by atoms with Gasteiger partial charge in [-0.2, -0.15) is 0 Å². The summed E-state index contributed by atoms with van der Waals surface area (Å²) in [6, 6.07) is 5.60. The molecule has 6 nitrogen and oxygen atoms in total. The first-order chi connectivity index (χ1) is 12.0. The summed E-state index contributed by atoms with van der Waals surface area (Å²) in [5, 5.41) is 10.6. The van der Waals surface area contributed by atoms with Crippen LogP contribution in [0.1, 0.15) is 25.7 Å². The van der Waals surface area contributed by atoms with Crippen molar-refractivity contribution in [3.8, 4) is 5.75 Å². The maximum absolute atomic E-state index is 12.9. The van der Waals surface area contributed by atoms with Gasteiger partial charge in [0.1, 0.15) is 23.8 Å². The molecule has 2 aliphatic heterocycles. The van der Waals surface area contributed by atoms with Gasteiger partial charge in [-0.1, -0.05) is 0 Å². The van der Waals surface area contributed by atoms with Gasteiger partial charge in [0.05, 0.1) is 6.54 Å². The van der Waals surface area contributed by atoms with Gasteiger partial charge < -0.3 is 19.6 Å². The van der Waals surface area contributed by atoms with E-state index in [9.17, 15) is 19.1 Å². The highest BCUT2D eigenvalue weighted by atomic mass is 19.1. The predicted octanol–water partition coefficient (Wildman–Crippen LogP) is 1.18. The number of nitrogens with zero attached hydrogens (tertiary/aromatic N) is 2. The number of halogens is 1. The van der Waals surface area contributed by atoms with Gasteiger partial charge in [0.15, 0.2) is 0 Å². The number of rotatable bonds is 6. The van der Waals surface area contributed by atoms with E-state index in [2.05, 4.69) is 0 Å². The third kappa shape index (κ3) is 4.48. The number of likely N-dealkylation sites (tertiary alicyclic amines) is 2. The zero-order valence-corrected chi connectivity index (χ0v) is 14.1. The molecule has 1 atom stereocenters. The van der Waals surface area contributed by atoms with E-state index in [1.54, 1.807) is 9.80 Å². The molecule has 7 heteroatoms. The normalized spacial score (nSPS) is 23.4. The van der Waals surface area contributed by atoms with Crippen LogP contribution in [0.2, 0.25) is 0 Å². The molecule has 2 aliphatic rings. The van der Waals surface area contributed by atoms with E-state index < -0.39 is 5.60 Å². The van der Waals surface area contributed by atoms with E-state index in [4.69, 9.17) is 4.74 Å². The van der Waals surface area contributed by atoms with E-state index in [1.165, 1.54) is 24.3 Å². The molecule has 1 aromatic rings. The van der Waals surface area contributed by atoms with Gasteiger partial charge in [-0.15, -0.1) is 0 Å². The summed E-state index contributed by atoms with van der Waals surface area (Å²) in [4.78, 5) is 27.2. The van der Waals surface area contributed by atoms with E-state index in [-0.39, 0.29) is 37.2 Å². The Bertz CT molecular complexity index is 636. The van der Waals surface area contributed by atoms with E-state index in [1.807, 2.05) is 0 Å². The van der Waals surface area contributed by atoms with E-state index in [0.717, 1.165) is 13.0 Å². The first-order valence-electron chi connectivity index (χ1n) is 8.61. The van der Waals surface area contributed by atoms with Crippen molar-refractivity contribution in [1.29, 1.82) is 0 Å². The lowest BCUT2D eigenvalue weighted by molar-refractivity contribution is -0.133. The van der Waals surface area contributed by atoms with Crippen molar-refractivity contribution in [3.05, 3.63) is 30.1 Å². The topological polar surface area (TPSA) is 70.1 Å². The quantitative estimate of drug-likeness (QED) is 0.836. The van der Waals surface area contributed by atoms with Crippen molar-refractivity contribution < 1.29 is 23.8 Å². The molecule has 1 N–H and O–H groups in total. The number of ether oxygens (including phenoxy) is 1. The Labute approximate surface area is 146 Å². The Kier molecular flexibility index (Phi) is 5.22. The minimum absolute atomic E-state index is 0.0486. The Balaban J connectivity index is 1.45. The summed E-state index contributed by atoms with van der Waals surface area (Å²) in [6.07, 6.45) is 2.14. The minimum atomic E-state index is -1.10. The van der Waals surface area contributed by atoms with Crippen LogP contribution in [-0.2, 0) is 9.59 Å². The zero-order valence-electron chi connectivity index (χ0n) is 14.1. The molecule has 0 radical (unpaired) electrons. The van der Waals surface area contributed by atoms with Crippen LogP contribution >= 0.6 is 0 Å². The predicted molar refractivity (Wildman–Crippen MR) is 88.5 cm³/mol. The largest absolute Gasteiger partial charge is 0.491 e. The second-order valence-electron chi connectivity index (χ2n) is 6.77. The van der Waals surface area contributed by atoms with Gasteiger partial charge in [0.2, 0.25) is 11.8 Å². The number of aliphatic hydroxyl groups is 1. The van der Waals surface area contributed by atoms with Crippen LogP contribution in [0.25, 0.3) is 0 Å². The van der Waals surface area contributed by atoms with Crippen LogP contribution in [0.4, 0.5) is 4.39 Å². The Morgan fingerprint density at radius 1 is 1.28 bits per heavy atom. The third-order valence-electron chi connectivity index (χ3n) is 4.77. The van der Waals surface area contributed by atoms with Crippen LogP contribution < -0.4 is 4.74 Å². The summed E-state index contributed by atoms with van der Waals surface area (Å²) >= 11 is 0. The highest BCUT2D eigenvalue weighted by Crippen LogP contribution is 2.24. The van der Waals surface area contributed by atoms with Crippen molar-refractivity contribution >= 4 is 11.8 Å². The second kappa shape index (κ2) is 7.39. The van der Waals surface area contributed by atoms with Gasteiger partial charge >= 0.3 is 0 Å². The standard InChI is InChI=1S/C18H23FN2O4/c19-14-3-5-15(6-4-14)25-13-18(24)8-11-21(12-18)17(23)7-10-20-9-1-2-16(20)22/h3-6,24H,1-2,7-13H2/t18-/m0/s1. The lowest BCUT2D eigenvalue weighted by Gasteiger charge is -2.24. The van der Waals surface area contributed by atoms with Gasteiger partial charge in [0.25, 0.3) is 0 Å². The molecule has 2 saturated heterocycles. The van der Waals surface area contributed by atoms with Crippen LogP contribution in [-0.4, -0.2) is 65.1 Å². The Morgan fingerprint density at radius 3 is 2.72 bits per heavy atom. The summed E-state index contributed by atoms with van der Waals surface area (Å²) in [7, 11) is 0. The Hall–Kier alpha value is -2.15. The number of carbonyl (C=O) groups is 2. The molecule has 2 amide bonds. The molecule has 0 aliphatic carbocycles. The molecule has 25 heavy (non-hydrogen) atoms. The second-order valence-corrected chi connectivity index (χ2v) is 6.77. The average molecular weight is 350 g/mol. The Morgan fingerprint density at radius 2 is 2.04 bits per heavy atom. The van der Waals surface area contributed by atoms with Crippen molar-refractivity contribution in [2.24, 2.45) is 0 Å². The maximum atomic E-state index is 12.9. The van der Waals surface area contributed by atoms with Crippen molar-refractivity contribution in [3.63, 3.8) is 0 Å². The lowest BCUT2D eigenvalue weighted by atomic mass is 10.1. The van der Waals surface area contributed by atoms with Gasteiger partial charge in [-0.3, -0.25) is 9.59 Å². The molecule has 3 rings (SSSR count). The van der Waals surface area contributed by atoms with Crippen molar-refractivity contribution in [2.75, 3.05) is 32.8 Å². The zero-order chi connectivity index (χ0) is 17.9. The summed E-state index contributed by atoms with van der Waals surface area (Å²) in [5.41, 5.74) is -1.10. The molecule has 2 fully saturated rings. The number of hydrogen-bond donors (Lipinski definition) is 1. The molecule has 0 aromatic heterocycles. The monoisotopic (exact) mass is 350 g/mol. The number of β-amino-alcohol motifs (C(OH)–C–C–N with tert-alkyl or cyclic N) is 1. The molecule has 0 spiro atoms. The smallest absolute Gasteiger partial charge is 0.224 e. The number of amides is 2. The molecule has 1 aromatic carbocycles. The number of carbonyl (C=O) groups excluding carboxylic acids is 2. The molecule has 0 bridgehead atoms. The van der Waals surface area contributed by atoms with Crippen LogP contribution in [0, 0.1) is 5.82 Å².